The highest BCUT2D eigenvalue weighted by atomic mass is 127. The normalized spacial score (nSPS) is 14.6. The largest absolute Gasteiger partial charge is 0.356 e. The lowest BCUT2D eigenvalue weighted by molar-refractivity contribution is 0.684. The molecule has 2 rings (SSSR count). The van der Waals surface area contributed by atoms with Crippen LogP contribution >= 0.6 is 35.6 Å². The summed E-state index contributed by atoms with van der Waals surface area (Å²) in [5.41, 5.74) is 1.24. The summed E-state index contributed by atoms with van der Waals surface area (Å²) in [6.45, 7) is 1.88. The number of halogens is 2. The van der Waals surface area contributed by atoms with Crippen LogP contribution in [0.2, 0.25) is 5.02 Å². The van der Waals surface area contributed by atoms with Crippen molar-refractivity contribution >= 4 is 41.5 Å². The van der Waals surface area contributed by atoms with Gasteiger partial charge in [0, 0.05) is 25.2 Å². The van der Waals surface area contributed by atoms with Crippen LogP contribution in [0.5, 0.6) is 0 Å². The molecule has 1 fully saturated rings. The van der Waals surface area contributed by atoms with Gasteiger partial charge in [0.15, 0.2) is 5.96 Å². The first-order chi connectivity index (χ1) is 9.28. The van der Waals surface area contributed by atoms with Crippen molar-refractivity contribution in [3.63, 3.8) is 0 Å². The molecule has 0 heterocycles. The zero-order valence-corrected chi connectivity index (χ0v) is 14.9. The van der Waals surface area contributed by atoms with Crippen molar-refractivity contribution in [3.05, 3.63) is 34.9 Å². The Bertz CT molecular complexity index is 433. The van der Waals surface area contributed by atoms with Crippen LogP contribution in [0.1, 0.15) is 24.8 Å². The molecule has 0 amide bonds. The SMILES string of the molecule is CN=C(NCCc1cccc(Cl)c1)NCCC1CC1.I. The summed E-state index contributed by atoms with van der Waals surface area (Å²) in [5, 5.41) is 7.47. The summed E-state index contributed by atoms with van der Waals surface area (Å²) in [4.78, 5) is 4.22. The fourth-order valence-electron chi connectivity index (χ4n) is 2.04. The highest BCUT2D eigenvalue weighted by molar-refractivity contribution is 14.0. The third-order valence-electron chi connectivity index (χ3n) is 3.36. The van der Waals surface area contributed by atoms with E-state index in [-0.39, 0.29) is 24.0 Å². The molecule has 1 aromatic carbocycles. The van der Waals surface area contributed by atoms with Gasteiger partial charge in [0.05, 0.1) is 0 Å². The lowest BCUT2D eigenvalue weighted by Crippen LogP contribution is -2.38. The van der Waals surface area contributed by atoms with E-state index in [9.17, 15) is 0 Å². The Labute approximate surface area is 143 Å². The van der Waals surface area contributed by atoms with Gasteiger partial charge in [0.25, 0.3) is 0 Å². The minimum Gasteiger partial charge on any atom is -0.356 e. The fraction of sp³-hybridized carbons (Fsp3) is 0.533. The molecule has 5 heteroatoms. The maximum atomic E-state index is 5.96. The fourth-order valence-corrected chi connectivity index (χ4v) is 2.25. The number of nitrogens with one attached hydrogen (secondary N) is 2. The van der Waals surface area contributed by atoms with Gasteiger partial charge in [-0.2, -0.15) is 0 Å². The molecule has 0 radical (unpaired) electrons. The van der Waals surface area contributed by atoms with E-state index in [4.69, 9.17) is 11.6 Å². The first kappa shape index (κ1) is 17.6. The first-order valence-corrected chi connectivity index (χ1v) is 7.34. The highest BCUT2D eigenvalue weighted by Crippen LogP contribution is 2.31. The van der Waals surface area contributed by atoms with Crippen LogP contribution in [0.15, 0.2) is 29.3 Å². The number of guanidine groups is 1. The van der Waals surface area contributed by atoms with E-state index < -0.39 is 0 Å². The smallest absolute Gasteiger partial charge is 0.190 e. The van der Waals surface area contributed by atoms with E-state index in [2.05, 4.69) is 21.7 Å². The van der Waals surface area contributed by atoms with Crippen LogP contribution in [-0.2, 0) is 6.42 Å². The summed E-state index contributed by atoms with van der Waals surface area (Å²) < 4.78 is 0. The number of benzene rings is 1. The second kappa shape index (κ2) is 9.45. The Morgan fingerprint density at radius 3 is 2.70 bits per heavy atom. The van der Waals surface area contributed by atoms with Crippen molar-refractivity contribution in [2.75, 3.05) is 20.1 Å². The minimum atomic E-state index is 0. The molecule has 2 N–H and O–H groups in total. The van der Waals surface area contributed by atoms with Crippen molar-refractivity contribution in [1.29, 1.82) is 0 Å². The monoisotopic (exact) mass is 407 g/mol. The average molecular weight is 408 g/mol. The number of rotatable bonds is 6. The molecule has 0 unspecified atom stereocenters. The van der Waals surface area contributed by atoms with Crippen molar-refractivity contribution in [3.8, 4) is 0 Å². The van der Waals surface area contributed by atoms with Gasteiger partial charge in [0.2, 0.25) is 0 Å². The molecule has 0 atom stereocenters. The van der Waals surface area contributed by atoms with E-state index in [0.29, 0.717) is 0 Å². The molecule has 1 aliphatic rings. The maximum Gasteiger partial charge on any atom is 0.190 e. The van der Waals surface area contributed by atoms with Gasteiger partial charge in [-0.3, -0.25) is 4.99 Å². The van der Waals surface area contributed by atoms with Gasteiger partial charge in [0.1, 0.15) is 0 Å². The van der Waals surface area contributed by atoms with Gasteiger partial charge in [-0.05, 0) is 36.5 Å². The molecule has 1 aliphatic carbocycles. The molecule has 0 aliphatic heterocycles. The molecule has 0 aromatic heterocycles. The topological polar surface area (TPSA) is 36.4 Å². The number of nitrogens with zero attached hydrogens (tertiary/aromatic N) is 1. The standard InChI is InChI=1S/C15H22ClN3.HI/c1-17-15(18-9-7-12-5-6-12)19-10-8-13-3-2-4-14(16)11-13;/h2-4,11-12H,5-10H2,1H3,(H2,17,18,19);1H. The second-order valence-electron chi connectivity index (χ2n) is 5.04. The van der Waals surface area contributed by atoms with Crippen LogP contribution in [0.3, 0.4) is 0 Å². The summed E-state index contributed by atoms with van der Waals surface area (Å²) >= 11 is 5.96. The van der Waals surface area contributed by atoms with E-state index in [1.165, 1.54) is 24.8 Å². The molecule has 1 aromatic rings. The third-order valence-corrected chi connectivity index (χ3v) is 3.60. The van der Waals surface area contributed by atoms with Gasteiger partial charge in [-0.25, -0.2) is 0 Å². The van der Waals surface area contributed by atoms with Gasteiger partial charge < -0.3 is 10.6 Å². The summed E-state index contributed by atoms with van der Waals surface area (Å²) in [5.74, 6) is 1.85. The molecular formula is C15H23ClIN3. The number of aliphatic imine (C=N–C) groups is 1. The molecular weight excluding hydrogens is 385 g/mol. The Kier molecular flexibility index (Phi) is 8.30. The lowest BCUT2D eigenvalue weighted by Gasteiger charge is -2.11. The summed E-state index contributed by atoms with van der Waals surface area (Å²) in [6, 6.07) is 7.99. The Morgan fingerprint density at radius 2 is 2.05 bits per heavy atom. The second-order valence-corrected chi connectivity index (χ2v) is 5.47. The lowest BCUT2D eigenvalue weighted by atomic mass is 10.1. The van der Waals surface area contributed by atoms with Gasteiger partial charge >= 0.3 is 0 Å². The van der Waals surface area contributed by atoms with Crippen molar-refractivity contribution in [2.45, 2.75) is 25.7 Å². The summed E-state index contributed by atoms with van der Waals surface area (Å²) in [6.07, 6.45) is 5.02. The van der Waals surface area contributed by atoms with E-state index in [1.807, 2.05) is 25.2 Å². The molecule has 0 saturated heterocycles. The Balaban J connectivity index is 0.00000200. The maximum absolute atomic E-state index is 5.96. The zero-order chi connectivity index (χ0) is 13.5. The predicted octanol–water partition coefficient (Wildman–Crippen LogP) is 3.47. The highest BCUT2D eigenvalue weighted by Gasteiger charge is 2.20. The van der Waals surface area contributed by atoms with Crippen molar-refractivity contribution < 1.29 is 0 Å². The molecule has 3 nitrogen and oxygen atoms in total. The molecule has 0 spiro atoms. The van der Waals surface area contributed by atoms with E-state index >= 15 is 0 Å². The van der Waals surface area contributed by atoms with Crippen LogP contribution in [0, 0.1) is 5.92 Å². The quantitative estimate of drug-likeness (QED) is 0.430. The predicted molar refractivity (Wildman–Crippen MR) is 97.3 cm³/mol. The minimum absolute atomic E-state index is 0. The van der Waals surface area contributed by atoms with E-state index in [0.717, 1.165) is 36.4 Å². The molecule has 1 saturated carbocycles. The molecule has 20 heavy (non-hydrogen) atoms. The van der Waals surface area contributed by atoms with Gasteiger partial charge in [-0.15, -0.1) is 24.0 Å². The van der Waals surface area contributed by atoms with Crippen LogP contribution < -0.4 is 10.6 Å². The third kappa shape index (κ3) is 6.79. The Morgan fingerprint density at radius 1 is 1.30 bits per heavy atom. The Hall–Kier alpha value is -0.490. The van der Waals surface area contributed by atoms with Gasteiger partial charge in [-0.1, -0.05) is 36.6 Å². The summed E-state index contributed by atoms with van der Waals surface area (Å²) in [7, 11) is 1.81. The molecule has 112 valence electrons. The van der Waals surface area contributed by atoms with Crippen molar-refractivity contribution in [2.24, 2.45) is 10.9 Å². The van der Waals surface area contributed by atoms with Crippen molar-refractivity contribution in [1.82, 2.24) is 10.6 Å². The molecule has 0 bridgehead atoms. The average Bonchev–Trinajstić information content (AvgIpc) is 3.21. The van der Waals surface area contributed by atoms with Crippen LogP contribution in [-0.4, -0.2) is 26.1 Å². The zero-order valence-electron chi connectivity index (χ0n) is 11.9. The number of hydrogen-bond acceptors (Lipinski definition) is 1. The first-order valence-electron chi connectivity index (χ1n) is 6.97. The van der Waals surface area contributed by atoms with Crippen LogP contribution in [0.4, 0.5) is 0 Å². The number of hydrogen-bond donors (Lipinski definition) is 2. The van der Waals surface area contributed by atoms with E-state index in [1.54, 1.807) is 0 Å². The van der Waals surface area contributed by atoms with Crippen LogP contribution in [0.25, 0.3) is 0 Å².